The summed E-state index contributed by atoms with van der Waals surface area (Å²) in [6.07, 6.45) is 4.04. The molecule has 2 aromatic carbocycles. The van der Waals surface area contributed by atoms with Crippen LogP contribution in [0.4, 0.5) is 5.69 Å². The van der Waals surface area contributed by atoms with Crippen molar-refractivity contribution in [3.8, 4) is 17.2 Å². The Kier molecular flexibility index (Phi) is 10.7. The molecular formula is C24H35IN4O3. The van der Waals surface area contributed by atoms with Gasteiger partial charge in [0.25, 0.3) is 0 Å². The summed E-state index contributed by atoms with van der Waals surface area (Å²) in [5.41, 5.74) is 2.36. The van der Waals surface area contributed by atoms with Crippen LogP contribution in [-0.2, 0) is 6.42 Å². The first-order valence-electron chi connectivity index (χ1n) is 10.8. The van der Waals surface area contributed by atoms with E-state index in [0.29, 0.717) is 11.8 Å². The maximum atomic E-state index is 9.37. The molecule has 1 aliphatic heterocycles. The van der Waals surface area contributed by atoms with Crippen molar-refractivity contribution in [1.29, 1.82) is 0 Å². The highest BCUT2D eigenvalue weighted by Crippen LogP contribution is 2.30. The number of halogens is 1. The van der Waals surface area contributed by atoms with Crippen LogP contribution in [0.15, 0.2) is 47.5 Å². The van der Waals surface area contributed by atoms with Crippen LogP contribution in [0.1, 0.15) is 24.8 Å². The molecule has 0 unspecified atom stereocenters. The van der Waals surface area contributed by atoms with Crippen molar-refractivity contribution in [2.24, 2.45) is 4.99 Å². The van der Waals surface area contributed by atoms with E-state index in [1.54, 1.807) is 26.4 Å². The van der Waals surface area contributed by atoms with Crippen LogP contribution in [0.25, 0.3) is 0 Å². The molecule has 7 nitrogen and oxygen atoms in total. The Morgan fingerprint density at radius 3 is 2.25 bits per heavy atom. The minimum Gasteiger partial charge on any atom is -0.508 e. The Balaban J connectivity index is 0.00000363. The third kappa shape index (κ3) is 7.65. The molecule has 176 valence electrons. The van der Waals surface area contributed by atoms with Crippen LogP contribution in [0.2, 0.25) is 0 Å². The number of rotatable bonds is 8. The van der Waals surface area contributed by atoms with Crippen molar-refractivity contribution in [3.63, 3.8) is 0 Å². The zero-order chi connectivity index (χ0) is 22.1. The molecule has 0 spiro atoms. The molecule has 1 fully saturated rings. The van der Waals surface area contributed by atoms with Crippen molar-refractivity contribution < 1.29 is 14.6 Å². The SMILES string of the molecule is CN=C(NCCCc1ccc(O)cc1)NC1CCN(c2cc(OC)cc(OC)c2)CC1.I. The van der Waals surface area contributed by atoms with E-state index >= 15 is 0 Å². The van der Waals surface area contributed by atoms with Gasteiger partial charge in [0.15, 0.2) is 5.96 Å². The second-order valence-electron chi connectivity index (χ2n) is 7.75. The van der Waals surface area contributed by atoms with E-state index in [0.717, 1.165) is 68.5 Å². The van der Waals surface area contributed by atoms with Gasteiger partial charge in [-0.25, -0.2) is 0 Å². The molecule has 0 saturated carbocycles. The molecule has 1 heterocycles. The second-order valence-corrected chi connectivity index (χ2v) is 7.75. The maximum absolute atomic E-state index is 9.37. The van der Waals surface area contributed by atoms with Gasteiger partial charge in [0, 0.05) is 56.6 Å². The monoisotopic (exact) mass is 554 g/mol. The van der Waals surface area contributed by atoms with E-state index < -0.39 is 0 Å². The first-order valence-corrected chi connectivity index (χ1v) is 10.8. The smallest absolute Gasteiger partial charge is 0.191 e. The molecule has 8 heteroatoms. The fraction of sp³-hybridized carbons (Fsp3) is 0.458. The fourth-order valence-corrected chi connectivity index (χ4v) is 3.81. The number of aryl methyl sites for hydroxylation is 1. The molecule has 1 saturated heterocycles. The van der Waals surface area contributed by atoms with Crippen molar-refractivity contribution in [3.05, 3.63) is 48.0 Å². The van der Waals surface area contributed by atoms with E-state index in [1.807, 2.05) is 25.2 Å². The summed E-state index contributed by atoms with van der Waals surface area (Å²) < 4.78 is 10.8. The number of aromatic hydroxyl groups is 1. The van der Waals surface area contributed by atoms with E-state index in [-0.39, 0.29) is 24.0 Å². The zero-order valence-corrected chi connectivity index (χ0v) is 21.5. The quantitative estimate of drug-likeness (QED) is 0.200. The van der Waals surface area contributed by atoms with Gasteiger partial charge in [0.05, 0.1) is 14.2 Å². The number of nitrogens with one attached hydrogen (secondary N) is 2. The Morgan fingerprint density at radius 1 is 1.06 bits per heavy atom. The first-order chi connectivity index (χ1) is 15.1. The van der Waals surface area contributed by atoms with E-state index in [1.165, 1.54) is 5.56 Å². The molecule has 32 heavy (non-hydrogen) atoms. The first kappa shape index (κ1) is 25.9. The summed E-state index contributed by atoms with van der Waals surface area (Å²) in [4.78, 5) is 6.75. The number of phenols is 1. The van der Waals surface area contributed by atoms with Gasteiger partial charge in [-0.05, 0) is 43.4 Å². The van der Waals surface area contributed by atoms with Crippen LogP contribution in [0, 0.1) is 0 Å². The second kappa shape index (κ2) is 13.2. The standard InChI is InChI=1S/C24H34N4O3.HI/c1-25-24(26-12-4-5-18-6-8-21(29)9-7-18)27-19-10-13-28(14-11-19)20-15-22(30-2)17-23(16-20)31-3;/h6-9,15-17,19,29H,4-5,10-14H2,1-3H3,(H2,25,26,27);1H. The van der Waals surface area contributed by atoms with Crippen LogP contribution < -0.4 is 25.0 Å². The molecule has 1 aliphatic rings. The number of piperidine rings is 1. The number of anilines is 1. The van der Waals surface area contributed by atoms with Crippen LogP contribution in [0.5, 0.6) is 17.2 Å². The number of aliphatic imine (C=N–C) groups is 1. The third-order valence-corrected chi connectivity index (χ3v) is 5.63. The summed E-state index contributed by atoms with van der Waals surface area (Å²) in [6, 6.07) is 13.8. The Morgan fingerprint density at radius 2 is 1.69 bits per heavy atom. The summed E-state index contributed by atoms with van der Waals surface area (Å²) in [5, 5.41) is 16.3. The molecular weight excluding hydrogens is 519 g/mol. The molecule has 0 aromatic heterocycles. The lowest BCUT2D eigenvalue weighted by Crippen LogP contribution is -2.49. The number of methoxy groups -OCH3 is 2. The number of ether oxygens (including phenoxy) is 2. The molecule has 0 amide bonds. The largest absolute Gasteiger partial charge is 0.508 e. The fourth-order valence-electron chi connectivity index (χ4n) is 3.81. The zero-order valence-electron chi connectivity index (χ0n) is 19.1. The lowest BCUT2D eigenvalue weighted by Gasteiger charge is -2.34. The number of hydrogen-bond acceptors (Lipinski definition) is 5. The summed E-state index contributed by atoms with van der Waals surface area (Å²) in [7, 11) is 5.17. The molecule has 3 N–H and O–H groups in total. The van der Waals surface area contributed by atoms with Crippen molar-refractivity contribution in [2.75, 3.05) is 45.8 Å². The normalized spacial score (nSPS) is 14.5. The van der Waals surface area contributed by atoms with Gasteiger partial charge in [-0.1, -0.05) is 12.1 Å². The van der Waals surface area contributed by atoms with Crippen molar-refractivity contribution in [2.45, 2.75) is 31.7 Å². The lowest BCUT2D eigenvalue weighted by molar-refractivity contribution is 0.393. The molecule has 2 aromatic rings. The number of benzene rings is 2. The van der Waals surface area contributed by atoms with Gasteiger partial charge in [-0.3, -0.25) is 4.99 Å². The van der Waals surface area contributed by atoms with Crippen LogP contribution >= 0.6 is 24.0 Å². The van der Waals surface area contributed by atoms with Gasteiger partial charge in [0.2, 0.25) is 0 Å². The molecule has 0 radical (unpaired) electrons. The predicted molar refractivity (Wildman–Crippen MR) is 141 cm³/mol. The molecule has 0 atom stereocenters. The van der Waals surface area contributed by atoms with Gasteiger partial charge in [0.1, 0.15) is 17.2 Å². The average Bonchev–Trinajstić information content (AvgIpc) is 2.82. The molecule has 0 bridgehead atoms. The minimum atomic E-state index is 0. The van der Waals surface area contributed by atoms with E-state index in [4.69, 9.17) is 9.47 Å². The highest BCUT2D eigenvalue weighted by Gasteiger charge is 2.21. The van der Waals surface area contributed by atoms with Gasteiger partial charge >= 0.3 is 0 Å². The molecule has 0 aliphatic carbocycles. The summed E-state index contributed by atoms with van der Waals surface area (Å²) in [6.45, 7) is 2.78. The highest BCUT2D eigenvalue weighted by atomic mass is 127. The van der Waals surface area contributed by atoms with Crippen LogP contribution in [-0.4, -0.2) is 58.0 Å². The van der Waals surface area contributed by atoms with Crippen LogP contribution in [0.3, 0.4) is 0 Å². The maximum Gasteiger partial charge on any atom is 0.191 e. The number of hydrogen-bond donors (Lipinski definition) is 3. The Labute approximate surface area is 208 Å². The number of phenolic OH excluding ortho intramolecular Hbond substituents is 1. The predicted octanol–water partition coefficient (Wildman–Crippen LogP) is 3.79. The summed E-state index contributed by atoms with van der Waals surface area (Å²) in [5.74, 6) is 2.79. The lowest BCUT2D eigenvalue weighted by atomic mass is 10.0. The van der Waals surface area contributed by atoms with Crippen molar-refractivity contribution in [1.82, 2.24) is 10.6 Å². The topological polar surface area (TPSA) is 78.4 Å². The Bertz CT molecular complexity index is 831. The van der Waals surface area contributed by atoms with Gasteiger partial charge in [-0.2, -0.15) is 0 Å². The average molecular weight is 554 g/mol. The summed E-state index contributed by atoms with van der Waals surface area (Å²) >= 11 is 0. The van der Waals surface area contributed by atoms with E-state index in [2.05, 4.69) is 32.7 Å². The van der Waals surface area contributed by atoms with E-state index in [9.17, 15) is 5.11 Å². The highest BCUT2D eigenvalue weighted by molar-refractivity contribution is 14.0. The van der Waals surface area contributed by atoms with Gasteiger partial charge < -0.3 is 30.1 Å². The number of nitrogens with zero attached hydrogens (tertiary/aromatic N) is 2. The number of guanidine groups is 1. The third-order valence-electron chi connectivity index (χ3n) is 5.63. The molecule has 3 rings (SSSR count). The Hall–Kier alpha value is -2.36. The van der Waals surface area contributed by atoms with Gasteiger partial charge in [-0.15, -0.1) is 24.0 Å². The minimum absolute atomic E-state index is 0. The van der Waals surface area contributed by atoms with Crippen molar-refractivity contribution >= 4 is 35.6 Å².